The summed E-state index contributed by atoms with van der Waals surface area (Å²) in [7, 11) is 0. The highest BCUT2D eigenvalue weighted by molar-refractivity contribution is 6.42. The summed E-state index contributed by atoms with van der Waals surface area (Å²) in [5.41, 5.74) is 0.877. The molecule has 0 unspecified atom stereocenters. The van der Waals surface area contributed by atoms with Crippen LogP contribution in [0.3, 0.4) is 0 Å². The van der Waals surface area contributed by atoms with Crippen molar-refractivity contribution in [3.63, 3.8) is 0 Å². The zero-order valence-corrected chi connectivity index (χ0v) is 11.3. The van der Waals surface area contributed by atoms with Gasteiger partial charge in [0.25, 0.3) is 0 Å². The molecular formula is C12H13Cl2NO3. The molecule has 0 radical (unpaired) electrons. The molecule has 1 aromatic rings. The van der Waals surface area contributed by atoms with Gasteiger partial charge in [-0.2, -0.15) is 0 Å². The Balaban J connectivity index is 2.47. The number of carbonyl (C=O) groups excluding carboxylic acids is 1. The van der Waals surface area contributed by atoms with Crippen molar-refractivity contribution in [2.45, 2.75) is 25.8 Å². The fourth-order valence-electron chi connectivity index (χ4n) is 1.33. The maximum absolute atomic E-state index is 11.4. The molecule has 6 heteroatoms. The Hall–Kier alpha value is -1.26. The minimum atomic E-state index is -1.06. The minimum absolute atomic E-state index is 0.204. The first-order chi connectivity index (χ1) is 8.40. The SMILES string of the molecule is C[C@H](NC(=O)CCc1ccc(Cl)c(Cl)c1)C(=O)O. The summed E-state index contributed by atoms with van der Waals surface area (Å²) in [6, 6.07) is 4.25. The van der Waals surface area contributed by atoms with E-state index >= 15 is 0 Å². The molecule has 2 N–H and O–H groups in total. The molecule has 1 atom stereocenters. The average molecular weight is 290 g/mol. The number of nitrogens with one attached hydrogen (secondary N) is 1. The smallest absolute Gasteiger partial charge is 0.325 e. The topological polar surface area (TPSA) is 66.4 Å². The highest BCUT2D eigenvalue weighted by Gasteiger charge is 2.13. The van der Waals surface area contributed by atoms with E-state index in [0.29, 0.717) is 16.5 Å². The lowest BCUT2D eigenvalue weighted by molar-refractivity contribution is -0.141. The maximum Gasteiger partial charge on any atom is 0.325 e. The van der Waals surface area contributed by atoms with E-state index in [-0.39, 0.29) is 12.3 Å². The van der Waals surface area contributed by atoms with Gasteiger partial charge in [-0.15, -0.1) is 0 Å². The predicted octanol–water partition coefficient (Wildman–Crippen LogP) is 2.52. The number of halogens is 2. The van der Waals surface area contributed by atoms with Gasteiger partial charge >= 0.3 is 5.97 Å². The molecule has 98 valence electrons. The maximum atomic E-state index is 11.4. The second kappa shape index (κ2) is 6.61. The number of carboxylic acid groups (broad SMARTS) is 1. The number of carbonyl (C=O) groups is 2. The van der Waals surface area contributed by atoms with Gasteiger partial charge in [0.15, 0.2) is 0 Å². The molecule has 0 saturated heterocycles. The normalized spacial score (nSPS) is 11.9. The third kappa shape index (κ3) is 4.55. The first kappa shape index (κ1) is 14.8. The van der Waals surface area contributed by atoms with Gasteiger partial charge < -0.3 is 10.4 Å². The number of amides is 1. The van der Waals surface area contributed by atoms with Gasteiger partial charge in [0.1, 0.15) is 6.04 Å². The van der Waals surface area contributed by atoms with Crippen LogP contribution < -0.4 is 5.32 Å². The molecule has 1 rings (SSSR count). The van der Waals surface area contributed by atoms with E-state index in [1.807, 2.05) is 0 Å². The molecule has 18 heavy (non-hydrogen) atoms. The van der Waals surface area contributed by atoms with Crippen molar-refractivity contribution in [2.24, 2.45) is 0 Å². The zero-order chi connectivity index (χ0) is 13.7. The second-order valence-electron chi connectivity index (χ2n) is 3.88. The fraction of sp³-hybridized carbons (Fsp3) is 0.333. The van der Waals surface area contributed by atoms with Crippen molar-refractivity contribution in [1.82, 2.24) is 5.32 Å². The Bertz CT molecular complexity index is 463. The number of rotatable bonds is 5. The summed E-state index contributed by atoms with van der Waals surface area (Å²) < 4.78 is 0. The Labute approximate surface area is 115 Å². The number of aliphatic carboxylic acids is 1. The number of carboxylic acids is 1. The van der Waals surface area contributed by atoms with Crippen LogP contribution in [-0.2, 0) is 16.0 Å². The van der Waals surface area contributed by atoms with Gasteiger partial charge in [-0.25, -0.2) is 0 Å². The van der Waals surface area contributed by atoms with Crippen LogP contribution in [0.2, 0.25) is 10.0 Å². The van der Waals surface area contributed by atoms with Crippen LogP contribution in [0.4, 0.5) is 0 Å². The second-order valence-corrected chi connectivity index (χ2v) is 4.69. The van der Waals surface area contributed by atoms with Crippen molar-refractivity contribution in [3.05, 3.63) is 33.8 Å². The summed E-state index contributed by atoms with van der Waals surface area (Å²) in [5, 5.41) is 11.9. The monoisotopic (exact) mass is 289 g/mol. The molecule has 0 aliphatic heterocycles. The first-order valence-electron chi connectivity index (χ1n) is 5.36. The largest absolute Gasteiger partial charge is 0.480 e. The Morgan fingerprint density at radius 2 is 2.00 bits per heavy atom. The average Bonchev–Trinajstić information content (AvgIpc) is 2.30. The van der Waals surface area contributed by atoms with Crippen molar-refractivity contribution in [2.75, 3.05) is 0 Å². The van der Waals surface area contributed by atoms with Crippen molar-refractivity contribution < 1.29 is 14.7 Å². The molecule has 1 amide bonds. The zero-order valence-electron chi connectivity index (χ0n) is 9.74. The molecule has 1 aromatic carbocycles. The lowest BCUT2D eigenvalue weighted by Gasteiger charge is -2.09. The van der Waals surface area contributed by atoms with Gasteiger partial charge in [-0.1, -0.05) is 29.3 Å². The molecule has 0 spiro atoms. The third-order valence-corrected chi connectivity index (χ3v) is 3.11. The highest BCUT2D eigenvalue weighted by Crippen LogP contribution is 2.23. The van der Waals surface area contributed by atoms with Crippen LogP contribution in [0, 0.1) is 0 Å². The van der Waals surface area contributed by atoms with E-state index in [0.717, 1.165) is 5.56 Å². The van der Waals surface area contributed by atoms with E-state index in [4.69, 9.17) is 28.3 Å². The number of hydrogen-bond acceptors (Lipinski definition) is 2. The molecular weight excluding hydrogens is 277 g/mol. The predicted molar refractivity (Wildman–Crippen MR) is 70.0 cm³/mol. The van der Waals surface area contributed by atoms with Crippen LogP contribution in [-0.4, -0.2) is 23.0 Å². The number of benzene rings is 1. The van der Waals surface area contributed by atoms with Gasteiger partial charge in [0.2, 0.25) is 5.91 Å². The van der Waals surface area contributed by atoms with E-state index in [2.05, 4.69) is 5.32 Å². The molecule has 4 nitrogen and oxygen atoms in total. The molecule has 0 bridgehead atoms. The summed E-state index contributed by atoms with van der Waals surface area (Å²) in [5.74, 6) is -1.37. The Morgan fingerprint density at radius 3 is 2.56 bits per heavy atom. The van der Waals surface area contributed by atoms with Crippen LogP contribution >= 0.6 is 23.2 Å². The highest BCUT2D eigenvalue weighted by atomic mass is 35.5. The number of hydrogen-bond donors (Lipinski definition) is 2. The number of aryl methyl sites for hydroxylation is 1. The van der Waals surface area contributed by atoms with Gasteiger partial charge in [0.05, 0.1) is 10.0 Å². The van der Waals surface area contributed by atoms with E-state index in [1.165, 1.54) is 6.92 Å². The van der Waals surface area contributed by atoms with Crippen molar-refractivity contribution in [1.29, 1.82) is 0 Å². The molecule has 0 aromatic heterocycles. The first-order valence-corrected chi connectivity index (χ1v) is 6.12. The molecule has 0 fully saturated rings. The Kier molecular flexibility index (Phi) is 5.44. The van der Waals surface area contributed by atoms with Crippen LogP contribution in [0.5, 0.6) is 0 Å². The van der Waals surface area contributed by atoms with Crippen molar-refractivity contribution >= 4 is 35.1 Å². The van der Waals surface area contributed by atoms with Gasteiger partial charge in [0, 0.05) is 6.42 Å². The summed E-state index contributed by atoms with van der Waals surface area (Å²) in [6.45, 7) is 1.42. The summed E-state index contributed by atoms with van der Waals surface area (Å²) in [4.78, 5) is 22.0. The summed E-state index contributed by atoms with van der Waals surface area (Å²) in [6.07, 6.45) is 0.685. The molecule has 0 saturated carbocycles. The van der Waals surface area contributed by atoms with E-state index in [1.54, 1.807) is 18.2 Å². The standard InChI is InChI=1S/C12H13Cl2NO3/c1-7(12(17)18)15-11(16)5-3-8-2-4-9(13)10(14)6-8/h2,4,6-7H,3,5H2,1H3,(H,15,16)(H,17,18)/t7-/m0/s1. The Morgan fingerprint density at radius 1 is 1.33 bits per heavy atom. The van der Waals surface area contributed by atoms with E-state index < -0.39 is 12.0 Å². The van der Waals surface area contributed by atoms with Crippen LogP contribution in [0.25, 0.3) is 0 Å². The summed E-state index contributed by atoms with van der Waals surface area (Å²) >= 11 is 11.6. The quantitative estimate of drug-likeness (QED) is 0.875. The lowest BCUT2D eigenvalue weighted by atomic mass is 10.1. The van der Waals surface area contributed by atoms with Gasteiger partial charge in [-0.05, 0) is 31.0 Å². The third-order valence-electron chi connectivity index (χ3n) is 2.37. The molecule has 0 aliphatic carbocycles. The van der Waals surface area contributed by atoms with Gasteiger partial charge in [-0.3, -0.25) is 9.59 Å². The van der Waals surface area contributed by atoms with Crippen molar-refractivity contribution in [3.8, 4) is 0 Å². The molecule has 0 heterocycles. The van der Waals surface area contributed by atoms with E-state index in [9.17, 15) is 9.59 Å². The minimum Gasteiger partial charge on any atom is -0.480 e. The lowest BCUT2D eigenvalue weighted by Crippen LogP contribution is -2.38. The van der Waals surface area contributed by atoms with Crippen LogP contribution in [0.1, 0.15) is 18.9 Å². The molecule has 0 aliphatic rings. The van der Waals surface area contributed by atoms with Crippen LogP contribution in [0.15, 0.2) is 18.2 Å². The fourth-order valence-corrected chi connectivity index (χ4v) is 1.65.